The van der Waals surface area contributed by atoms with Gasteiger partial charge in [-0.15, -0.1) is 5.10 Å². The Kier molecular flexibility index (Phi) is 9.18. The lowest BCUT2D eigenvalue weighted by Crippen LogP contribution is -2.46. The number of nitrogens with one attached hydrogen (secondary N) is 1. The summed E-state index contributed by atoms with van der Waals surface area (Å²) < 4.78 is 23.9. The number of hydrogen-bond donors (Lipinski definition) is 1. The van der Waals surface area contributed by atoms with Crippen molar-refractivity contribution in [1.29, 1.82) is 0 Å². The van der Waals surface area contributed by atoms with Crippen LogP contribution in [0, 0.1) is 0 Å². The minimum atomic E-state index is -1.02. The highest BCUT2D eigenvalue weighted by Gasteiger charge is 2.34. The molecule has 0 saturated carbocycles. The van der Waals surface area contributed by atoms with E-state index in [1.165, 1.54) is 7.11 Å². The van der Waals surface area contributed by atoms with E-state index in [2.05, 4.69) is 15.6 Å². The molecule has 1 N–H and O–H groups in total. The number of carbonyl (C=O) groups is 2. The molecule has 5 rings (SSSR count). The number of para-hydroxylation sites is 2. The van der Waals surface area contributed by atoms with Crippen LogP contribution in [0.2, 0.25) is 0 Å². The number of benzene rings is 3. The minimum Gasteiger partial charge on any atom is -0.496 e. The maximum atomic E-state index is 14.3. The topological polar surface area (TPSA) is 117 Å². The largest absolute Gasteiger partial charge is 0.496 e. The highest BCUT2D eigenvalue weighted by molar-refractivity contribution is 5.89. The van der Waals surface area contributed by atoms with Crippen LogP contribution in [0.15, 0.2) is 66.7 Å². The van der Waals surface area contributed by atoms with Gasteiger partial charge >= 0.3 is 0 Å². The van der Waals surface area contributed by atoms with Gasteiger partial charge in [0.25, 0.3) is 0 Å². The zero-order chi connectivity index (χ0) is 29.5. The first kappa shape index (κ1) is 28.9. The van der Waals surface area contributed by atoms with Crippen molar-refractivity contribution in [2.75, 3.05) is 34.5 Å². The van der Waals surface area contributed by atoms with Crippen LogP contribution in [-0.4, -0.2) is 72.3 Å². The average Bonchev–Trinajstić information content (AvgIpc) is 3.70. The van der Waals surface area contributed by atoms with Gasteiger partial charge in [-0.3, -0.25) is 9.59 Å². The van der Waals surface area contributed by atoms with Gasteiger partial charge in [0.15, 0.2) is 11.5 Å². The first-order valence-electron chi connectivity index (χ1n) is 13.8. The molecule has 0 bridgehead atoms. The predicted molar refractivity (Wildman–Crippen MR) is 155 cm³/mol. The van der Waals surface area contributed by atoms with Gasteiger partial charge in [-0.05, 0) is 48.7 Å². The van der Waals surface area contributed by atoms with E-state index in [9.17, 15) is 9.59 Å². The highest BCUT2D eigenvalue weighted by Crippen LogP contribution is 2.34. The van der Waals surface area contributed by atoms with Crippen LogP contribution < -0.4 is 19.5 Å². The summed E-state index contributed by atoms with van der Waals surface area (Å²) in [6.07, 6.45) is 1.74. The fourth-order valence-electron chi connectivity index (χ4n) is 5.21. The van der Waals surface area contributed by atoms with E-state index < -0.39 is 6.04 Å². The number of amides is 2. The van der Waals surface area contributed by atoms with Crippen LogP contribution in [0.1, 0.15) is 30.0 Å². The van der Waals surface area contributed by atoms with E-state index in [1.807, 2.05) is 48.5 Å². The molecule has 1 aromatic heterocycles. The van der Waals surface area contributed by atoms with Gasteiger partial charge in [-0.1, -0.05) is 41.6 Å². The number of rotatable bonds is 12. The molecule has 42 heavy (non-hydrogen) atoms. The van der Waals surface area contributed by atoms with Crippen LogP contribution in [0.5, 0.6) is 17.2 Å². The number of hydrogen-bond acceptors (Lipinski definition) is 8. The molecule has 11 heteroatoms. The zero-order valence-electron chi connectivity index (χ0n) is 24.0. The summed E-state index contributed by atoms with van der Waals surface area (Å²) in [4.78, 5) is 29.9. The van der Waals surface area contributed by atoms with Crippen molar-refractivity contribution >= 4 is 22.8 Å². The fraction of sp³-hybridized carbons (Fsp3) is 0.355. The van der Waals surface area contributed by atoms with Crippen LogP contribution >= 0.6 is 0 Å². The van der Waals surface area contributed by atoms with Gasteiger partial charge in [0.2, 0.25) is 11.8 Å². The molecule has 1 fully saturated rings. The number of carbonyl (C=O) groups excluding carboxylic acids is 2. The first-order valence-corrected chi connectivity index (χ1v) is 13.8. The van der Waals surface area contributed by atoms with Crippen molar-refractivity contribution in [2.45, 2.75) is 38.1 Å². The molecule has 1 saturated heterocycles. The number of aromatic nitrogens is 3. The first-order chi connectivity index (χ1) is 20.5. The molecule has 0 radical (unpaired) electrons. The van der Waals surface area contributed by atoms with E-state index >= 15 is 0 Å². The monoisotopic (exact) mass is 573 g/mol. The number of fused-ring (bicyclic) bond motifs is 1. The van der Waals surface area contributed by atoms with Gasteiger partial charge in [0.1, 0.15) is 23.9 Å². The van der Waals surface area contributed by atoms with Gasteiger partial charge in [0.05, 0.1) is 39.5 Å². The Bertz CT molecular complexity index is 1530. The molecule has 2 amide bonds. The van der Waals surface area contributed by atoms with Crippen LogP contribution in [0.4, 0.5) is 0 Å². The minimum absolute atomic E-state index is 0.0696. The number of ether oxygens (including phenoxy) is 4. The Morgan fingerprint density at radius 3 is 2.52 bits per heavy atom. The molecular formula is C31H35N5O6. The Balaban J connectivity index is 1.56. The standard InChI is InChI=1S/C31H35N5O6/c1-39-26-13-7-4-9-22(26)19-35(29(37)20-36-25-12-6-5-11-24(25)33-34-36)30(31(38)32-18-23-10-8-16-42-23)21-14-15-27(40-2)28(17-21)41-3/h4-7,9,11-15,17,23,30H,8,10,16,18-20H2,1-3H3,(H,32,38)/t23-,30-/m1/s1. The number of methoxy groups -OCH3 is 3. The van der Waals surface area contributed by atoms with Crippen molar-refractivity contribution < 1.29 is 28.5 Å². The summed E-state index contributed by atoms with van der Waals surface area (Å²) in [5, 5.41) is 11.4. The van der Waals surface area contributed by atoms with Crippen molar-refractivity contribution in [3.05, 3.63) is 77.9 Å². The van der Waals surface area contributed by atoms with E-state index in [-0.39, 0.29) is 31.0 Å². The SMILES string of the molecule is COc1ccccc1CN(C(=O)Cn1nnc2ccccc21)[C@@H](C(=O)NC[C@H]1CCCO1)c1ccc(OC)c(OC)c1. The maximum Gasteiger partial charge on any atom is 0.247 e. The Morgan fingerprint density at radius 2 is 1.76 bits per heavy atom. The average molecular weight is 574 g/mol. The van der Waals surface area contributed by atoms with Crippen LogP contribution in [0.25, 0.3) is 11.0 Å². The summed E-state index contributed by atoms with van der Waals surface area (Å²) in [5.74, 6) is 0.885. The van der Waals surface area contributed by atoms with Gasteiger partial charge < -0.3 is 29.2 Å². The summed E-state index contributed by atoms with van der Waals surface area (Å²) >= 11 is 0. The third kappa shape index (κ3) is 6.31. The van der Waals surface area contributed by atoms with Crippen molar-refractivity contribution in [3.8, 4) is 17.2 Å². The summed E-state index contributed by atoms with van der Waals surface area (Å²) in [5.41, 5.74) is 2.69. The normalized spacial score (nSPS) is 15.3. The molecule has 2 atom stereocenters. The van der Waals surface area contributed by atoms with E-state index in [4.69, 9.17) is 18.9 Å². The lowest BCUT2D eigenvalue weighted by Gasteiger charge is -2.32. The molecule has 4 aromatic rings. The summed E-state index contributed by atoms with van der Waals surface area (Å²) in [7, 11) is 4.65. The van der Waals surface area contributed by atoms with Gasteiger partial charge in [0, 0.05) is 18.7 Å². The summed E-state index contributed by atoms with van der Waals surface area (Å²) in [6.45, 7) is 0.983. The van der Waals surface area contributed by atoms with E-state index in [1.54, 1.807) is 42.0 Å². The number of nitrogens with zero attached hydrogens (tertiary/aromatic N) is 4. The maximum absolute atomic E-state index is 14.3. The predicted octanol–water partition coefficient (Wildman–Crippen LogP) is 3.52. The Morgan fingerprint density at radius 1 is 1.00 bits per heavy atom. The van der Waals surface area contributed by atoms with Crippen molar-refractivity contribution in [2.24, 2.45) is 0 Å². The molecule has 2 heterocycles. The third-order valence-corrected chi connectivity index (χ3v) is 7.37. The smallest absolute Gasteiger partial charge is 0.247 e. The lowest BCUT2D eigenvalue weighted by molar-refractivity contribution is -0.142. The lowest BCUT2D eigenvalue weighted by atomic mass is 10.0. The van der Waals surface area contributed by atoms with Gasteiger partial charge in [-0.25, -0.2) is 4.68 Å². The molecule has 220 valence electrons. The Hall–Kier alpha value is -4.64. The van der Waals surface area contributed by atoms with Crippen molar-refractivity contribution in [3.63, 3.8) is 0 Å². The molecule has 1 aliphatic rings. The summed E-state index contributed by atoms with van der Waals surface area (Å²) in [6, 6.07) is 19.1. The highest BCUT2D eigenvalue weighted by atomic mass is 16.5. The second-order valence-electron chi connectivity index (χ2n) is 9.97. The zero-order valence-corrected chi connectivity index (χ0v) is 24.0. The van der Waals surface area contributed by atoms with E-state index in [0.717, 1.165) is 18.4 Å². The molecule has 0 spiro atoms. The fourth-order valence-corrected chi connectivity index (χ4v) is 5.21. The van der Waals surface area contributed by atoms with E-state index in [0.29, 0.717) is 47.0 Å². The molecule has 3 aromatic carbocycles. The molecule has 0 unspecified atom stereocenters. The molecule has 1 aliphatic heterocycles. The van der Waals surface area contributed by atoms with Crippen LogP contribution in [-0.2, 0) is 27.4 Å². The second-order valence-corrected chi connectivity index (χ2v) is 9.97. The second kappa shape index (κ2) is 13.3. The van der Waals surface area contributed by atoms with Crippen molar-refractivity contribution in [1.82, 2.24) is 25.2 Å². The molecule has 0 aliphatic carbocycles. The Labute approximate surface area is 244 Å². The molecular weight excluding hydrogens is 538 g/mol. The quantitative estimate of drug-likeness (QED) is 0.274. The molecule has 11 nitrogen and oxygen atoms in total. The van der Waals surface area contributed by atoms with Gasteiger partial charge in [-0.2, -0.15) is 0 Å². The van der Waals surface area contributed by atoms with Crippen LogP contribution in [0.3, 0.4) is 0 Å². The third-order valence-electron chi connectivity index (χ3n) is 7.37.